The van der Waals surface area contributed by atoms with E-state index in [4.69, 9.17) is 10.7 Å². The Morgan fingerprint density at radius 2 is 2.11 bits per heavy atom. The standard InChI is InChI=1S/C15H19N3/c16-10-5-7-18-8-6-12-11-3-1-2-4-13(11)17-15(12)14(18)9-10/h1-4,10-12H,5-9,16H2. The van der Waals surface area contributed by atoms with Gasteiger partial charge >= 0.3 is 0 Å². The van der Waals surface area contributed by atoms with E-state index in [1.165, 1.54) is 30.1 Å². The van der Waals surface area contributed by atoms with Crippen LogP contribution in [0.1, 0.15) is 19.3 Å². The number of hydrogen-bond acceptors (Lipinski definition) is 3. The molecule has 3 heterocycles. The number of fused-ring (bicyclic) bond motifs is 4. The molecule has 3 unspecified atom stereocenters. The molecule has 1 fully saturated rings. The Morgan fingerprint density at radius 3 is 3.06 bits per heavy atom. The quantitative estimate of drug-likeness (QED) is 0.703. The number of nitrogens with zero attached hydrogens (tertiary/aromatic N) is 2. The van der Waals surface area contributed by atoms with Gasteiger partial charge in [-0.2, -0.15) is 0 Å². The second-order valence-electron chi connectivity index (χ2n) is 5.77. The molecule has 0 spiro atoms. The minimum Gasteiger partial charge on any atom is -0.373 e. The Bertz CT molecular complexity index is 498. The van der Waals surface area contributed by atoms with Crippen LogP contribution in [-0.2, 0) is 0 Å². The van der Waals surface area contributed by atoms with Crippen molar-refractivity contribution in [3.05, 3.63) is 35.7 Å². The lowest BCUT2D eigenvalue weighted by Gasteiger charge is -2.40. The summed E-state index contributed by atoms with van der Waals surface area (Å²) in [7, 11) is 0. The molecule has 3 aliphatic heterocycles. The molecule has 0 radical (unpaired) electrons. The third-order valence-electron chi connectivity index (χ3n) is 4.69. The van der Waals surface area contributed by atoms with Gasteiger partial charge in [0.1, 0.15) is 0 Å². The lowest BCUT2D eigenvalue weighted by molar-refractivity contribution is 0.226. The lowest BCUT2D eigenvalue weighted by atomic mass is 9.81. The van der Waals surface area contributed by atoms with Gasteiger partial charge in [-0.15, -0.1) is 0 Å². The fourth-order valence-corrected chi connectivity index (χ4v) is 3.73. The maximum absolute atomic E-state index is 6.13. The number of hydrogen-bond donors (Lipinski definition) is 1. The molecule has 4 aliphatic rings. The number of nitrogens with two attached hydrogens (primary N) is 1. The molecule has 3 atom stereocenters. The normalized spacial score (nSPS) is 37.3. The Morgan fingerprint density at radius 1 is 1.22 bits per heavy atom. The highest BCUT2D eigenvalue weighted by molar-refractivity contribution is 6.02. The Balaban J connectivity index is 1.78. The van der Waals surface area contributed by atoms with Crippen LogP contribution in [0.4, 0.5) is 0 Å². The molecule has 1 aliphatic carbocycles. The Labute approximate surface area is 108 Å². The van der Waals surface area contributed by atoms with Crippen molar-refractivity contribution in [1.29, 1.82) is 0 Å². The van der Waals surface area contributed by atoms with Gasteiger partial charge in [0.2, 0.25) is 0 Å². The first-order chi connectivity index (χ1) is 8.83. The van der Waals surface area contributed by atoms with Crippen LogP contribution in [0.25, 0.3) is 0 Å². The molecule has 3 heteroatoms. The second kappa shape index (κ2) is 3.82. The van der Waals surface area contributed by atoms with E-state index in [1.54, 1.807) is 0 Å². The maximum atomic E-state index is 6.13. The largest absolute Gasteiger partial charge is 0.373 e. The summed E-state index contributed by atoms with van der Waals surface area (Å²) in [5, 5.41) is 0. The average molecular weight is 241 g/mol. The van der Waals surface area contributed by atoms with Crippen molar-refractivity contribution in [3.63, 3.8) is 0 Å². The smallest absolute Gasteiger partial charge is 0.0640 e. The van der Waals surface area contributed by atoms with Crippen molar-refractivity contribution < 1.29 is 0 Å². The zero-order valence-corrected chi connectivity index (χ0v) is 10.5. The predicted molar refractivity (Wildman–Crippen MR) is 73.1 cm³/mol. The van der Waals surface area contributed by atoms with E-state index in [0.717, 1.165) is 19.4 Å². The van der Waals surface area contributed by atoms with Gasteiger partial charge in [0, 0.05) is 48.8 Å². The summed E-state index contributed by atoms with van der Waals surface area (Å²) in [5.74, 6) is 1.13. The minimum atomic E-state index is 0.330. The van der Waals surface area contributed by atoms with Crippen molar-refractivity contribution in [2.45, 2.75) is 25.3 Å². The van der Waals surface area contributed by atoms with Crippen LogP contribution in [0.3, 0.4) is 0 Å². The van der Waals surface area contributed by atoms with Gasteiger partial charge in [-0.05, 0) is 18.9 Å². The molecule has 0 bridgehead atoms. The van der Waals surface area contributed by atoms with Gasteiger partial charge < -0.3 is 10.6 Å². The number of rotatable bonds is 0. The first kappa shape index (κ1) is 10.6. The van der Waals surface area contributed by atoms with E-state index < -0.39 is 0 Å². The van der Waals surface area contributed by atoms with Crippen LogP contribution in [0.5, 0.6) is 0 Å². The summed E-state index contributed by atoms with van der Waals surface area (Å²) in [6.45, 7) is 2.31. The summed E-state index contributed by atoms with van der Waals surface area (Å²) in [4.78, 5) is 7.43. The van der Waals surface area contributed by atoms with Crippen LogP contribution in [0.15, 0.2) is 40.7 Å². The van der Waals surface area contributed by atoms with Crippen molar-refractivity contribution >= 4 is 5.71 Å². The molecular formula is C15H19N3. The molecule has 3 nitrogen and oxygen atoms in total. The first-order valence-corrected chi connectivity index (χ1v) is 7.00. The zero-order chi connectivity index (χ0) is 12.1. The van der Waals surface area contributed by atoms with Crippen LogP contribution in [-0.4, -0.2) is 29.7 Å². The maximum Gasteiger partial charge on any atom is 0.0640 e. The van der Waals surface area contributed by atoms with Gasteiger partial charge in [-0.3, -0.25) is 4.99 Å². The summed E-state index contributed by atoms with van der Waals surface area (Å²) >= 11 is 0. The van der Waals surface area contributed by atoms with Crippen LogP contribution in [0.2, 0.25) is 0 Å². The van der Waals surface area contributed by atoms with E-state index in [0.29, 0.717) is 17.9 Å². The van der Waals surface area contributed by atoms with Gasteiger partial charge in [0.15, 0.2) is 0 Å². The molecule has 4 rings (SSSR count). The molecule has 0 aromatic heterocycles. The van der Waals surface area contributed by atoms with Crippen LogP contribution >= 0.6 is 0 Å². The molecule has 0 amide bonds. The molecule has 0 aromatic carbocycles. The van der Waals surface area contributed by atoms with Gasteiger partial charge in [-0.1, -0.05) is 18.2 Å². The topological polar surface area (TPSA) is 41.6 Å². The van der Waals surface area contributed by atoms with Crippen molar-refractivity contribution in [1.82, 2.24) is 4.90 Å². The van der Waals surface area contributed by atoms with Crippen LogP contribution < -0.4 is 5.73 Å². The average Bonchev–Trinajstić information content (AvgIpc) is 2.78. The van der Waals surface area contributed by atoms with Gasteiger partial charge in [0.05, 0.1) is 5.70 Å². The Kier molecular flexibility index (Phi) is 2.24. The number of aliphatic imine (C=N–C) groups is 1. The minimum absolute atomic E-state index is 0.330. The summed E-state index contributed by atoms with van der Waals surface area (Å²) in [6.07, 6.45) is 12.1. The van der Waals surface area contributed by atoms with E-state index in [9.17, 15) is 0 Å². The summed E-state index contributed by atoms with van der Waals surface area (Å²) < 4.78 is 0. The van der Waals surface area contributed by atoms with Crippen molar-refractivity contribution in [2.24, 2.45) is 22.6 Å². The van der Waals surface area contributed by atoms with Gasteiger partial charge in [-0.25, -0.2) is 0 Å². The molecule has 2 N–H and O–H groups in total. The molecular weight excluding hydrogens is 222 g/mol. The van der Waals surface area contributed by atoms with E-state index in [2.05, 4.69) is 29.2 Å². The van der Waals surface area contributed by atoms with Crippen molar-refractivity contribution in [2.75, 3.05) is 13.1 Å². The fraction of sp³-hybridized carbons (Fsp3) is 0.533. The lowest BCUT2D eigenvalue weighted by Crippen LogP contribution is -2.42. The first-order valence-electron chi connectivity index (χ1n) is 7.00. The van der Waals surface area contributed by atoms with Crippen LogP contribution in [0, 0.1) is 11.8 Å². The van der Waals surface area contributed by atoms with Gasteiger partial charge in [0.25, 0.3) is 0 Å². The monoisotopic (exact) mass is 241 g/mol. The molecule has 1 saturated heterocycles. The number of piperidine rings is 1. The van der Waals surface area contributed by atoms with Crippen molar-refractivity contribution in [3.8, 4) is 0 Å². The molecule has 0 aromatic rings. The van der Waals surface area contributed by atoms with E-state index in [1.807, 2.05) is 0 Å². The summed E-state index contributed by atoms with van der Waals surface area (Å²) in [5.41, 5.74) is 10.2. The third kappa shape index (κ3) is 1.43. The SMILES string of the molecule is NC1CCN2CCC3C(=C2C1)N=C1C=CC=CC13. The van der Waals surface area contributed by atoms with E-state index in [-0.39, 0.29) is 0 Å². The zero-order valence-electron chi connectivity index (χ0n) is 10.5. The number of allylic oxidation sites excluding steroid dienone is 5. The highest BCUT2D eigenvalue weighted by Crippen LogP contribution is 2.43. The fourth-order valence-electron chi connectivity index (χ4n) is 3.73. The molecule has 94 valence electrons. The highest BCUT2D eigenvalue weighted by atomic mass is 15.2. The second-order valence-corrected chi connectivity index (χ2v) is 5.77. The Hall–Kier alpha value is -1.35. The third-order valence-corrected chi connectivity index (χ3v) is 4.69. The highest BCUT2D eigenvalue weighted by Gasteiger charge is 2.40. The molecule has 0 saturated carbocycles. The molecule has 18 heavy (non-hydrogen) atoms. The van der Waals surface area contributed by atoms with E-state index >= 15 is 0 Å². The predicted octanol–water partition coefficient (Wildman–Crippen LogP) is 1.84. The summed E-state index contributed by atoms with van der Waals surface area (Å²) in [6, 6.07) is 0.330.